The van der Waals surface area contributed by atoms with Crippen molar-refractivity contribution in [2.45, 2.75) is 13.3 Å². The number of methoxy groups -OCH3 is 2. The number of hydrogen-bond donors (Lipinski definition) is 0. The van der Waals surface area contributed by atoms with Gasteiger partial charge in [0.05, 0.1) is 14.2 Å². The van der Waals surface area contributed by atoms with Crippen LogP contribution < -0.4 is 14.4 Å². The second-order valence-corrected chi connectivity index (χ2v) is 6.61. The quantitative estimate of drug-likeness (QED) is 0.805. The second-order valence-electron chi connectivity index (χ2n) is 6.61. The molecule has 0 spiro atoms. The predicted octanol–water partition coefficient (Wildman–Crippen LogP) is 3.38. The van der Waals surface area contributed by atoms with Crippen molar-refractivity contribution in [3.05, 3.63) is 53.6 Å². The fourth-order valence-electron chi connectivity index (χ4n) is 3.38. The van der Waals surface area contributed by atoms with Gasteiger partial charge in [0.2, 0.25) is 0 Å². The van der Waals surface area contributed by atoms with E-state index in [1.54, 1.807) is 14.2 Å². The molecule has 25 heavy (non-hydrogen) atoms. The summed E-state index contributed by atoms with van der Waals surface area (Å²) in [6.07, 6.45) is 1.03. The minimum absolute atomic E-state index is 0.790. The van der Waals surface area contributed by atoms with Gasteiger partial charge in [0.25, 0.3) is 0 Å². The van der Waals surface area contributed by atoms with Crippen LogP contribution in [0.5, 0.6) is 11.5 Å². The van der Waals surface area contributed by atoms with Crippen LogP contribution in [0, 0.1) is 6.92 Å². The number of rotatable bonds is 6. The van der Waals surface area contributed by atoms with Gasteiger partial charge in [-0.15, -0.1) is 0 Å². The molecule has 4 nitrogen and oxygen atoms in total. The van der Waals surface area contributed by atoms with Crippen LogP contribution in [0.25, 0.3) is 0 Å². The molecule has 0 bridgehead atoms. The molecule has 0 atom stereocenters. The summed E-state index contributed by atoms with van der Waals surface area (Å²) in [5.41, 5.74) is 3.96. The van der Waals surface area contributed by atoms with Crippen molar-refractivity contribution >= 4 is 5.69 Å². The Morgan fingerprint density at radius 2 is 1.64 bits per heavy atom. The number of nitrogens with zero attached hydrogens (tertiary/aromatic N) is 2. The highest BCUT2D eigenvalue weighted by Gasteiger charge is 2.17. The zero-order chi connectivity index (χ0) is 17.6. The summed E-state index contributed by atoms with van der Waals surface area (Å²) in [5, 5.41) is 0. The lowest BCUT2D eigenvalue weighted by Gasteiger charge is -2.36. The zero-order valence-corrected chi connectivity index (χ0v) is 15.5. The summed E-state index contributed by atoms with van der Waals surface area (Å²) in [5.74, 6) is 1.60. The molecule has 0 saturated carbocycles. The number of piperazine rings is 1. The molecule has 0 aliphatic carbocycles. The lowest BCUT2D eigenvalue weighted by Crippen LogP contribution is -2.47. The van der Waals surface area contributed by atoms with Crippen LogP contribution in [-0.4, -0.2) is 51.8 Å². The molecular weight excluding hydrogens is 312 g/mol. The van der Waals surface area contributed by atoms with Crippen LogP contribution in [0.3, 0.4) is 0 Å². The Balaban J connectivity index is 1.51. The lowest BCUT2D eigenvalue weighted by molar-refractivity contribution is 0.261. The fraction of sp³-hybridized carbons (Fsp3) is 0.429. The van der Waals surface area contributed by atoms with Crippen molar-refractivity contribution in [2.24, 2.45) is 0 Å². The Bertz CT molecular complexity index is 694. The minimum atomic E-state index is 0.790. The normalized spacial score (nSPS) is 15.2. The average molecular weight is 340 g/mol. The molecule has 1 aliphatic rings. The minimum Gasteiger partial charge on any atom is -0.493 e. The van der Waals surface area contributed by atoms with Crippen molar-refractivity contribution in [3.8, 4) is 11.5 Å². The van der Waals surface area contributed by atoms with Gasteiger partial charge in [-0.25, -0.2) is 0 Å². The zero-order valence-electron chi connectivity index (χ0n) is 15.5. The van der Waals surface area contributed by atoms with Crippen LogP contribution in [0.1, 0.15) is 11.1 Å². The predicted molar refractivity (Wildman–Crippen MR) is 103 cm³/mol. The van der Waals surface area contributed by atoms with Gasteiger partial charge in [0.15, 0.2) is 11.5 Å². The van der Waals surface area contributed by atoms with E-state index in [2.05, 4.69) is 53.1 Å². The number of ether oxygens (including phenoxy) is 2. The monoisotopic (exact) mass is 340 g/mol. The van der Waals surface area contributed by atoms with E-state index in [9.17, 15) is 0 Å². The van der Waals surface area contributed by atoms with E-state index >= 15 is 0 Å². The number of anilines is 1. The molecule has 0 unspecified atom stereocenters. The molecule has 0 amide bonds. The third-order valence-electron chi connectivity index (χ3n) is 4.90. The highest BCUT2D eigenvalue weighted by atomic mass is 16.5. The maximum atomic E-state index is 5.40. The summed E-state index contributed by atoms with van der Waals surface area (Å²) < 4.78 is 10.7. The van der Waals surface area contributed by atoms with Crippen LogP contribution in [0.4, 0.5) is 5.69 Å². The average Bonchev–Trinajstić information content (AvgIpc) is 2.66. The highest BCUT2D eigenvalue weighted by molar-refractivity contribution is 5.48. The molecule has 0 radical (unpaired) electrons. The first-order valence-electron chi connectivity index (χ1n) is 8.94. The lowest BCUT2D eigenvalue weighted by atomic mass is 10.1. The van der Waals surface area contributed by atoms with Crippen LogP contribution in [-0.2, 0) is 6.42 Å². The first-order valence-corrected chi connectivity index (χ1v) is 8.94. The van der Waals surface area contributed by atoms with Crippen LogP contribution in [0.15, 0.2) is 42.5 Å². The van der Waals surface area contributed by atoms with Crippen LogP contribution >= 0.6 is 0 Å². The molecule has 2 aromatic carbocycles. The summed E-state index contributed by atoms with van der Waals surface area (Å²) in [6, 6.07) is 15.0. The van der Waals surface area contributed by atoms with Crippen molar-refractivity contribution < 1.29 is 9.47 Å². The SMILES string of the molecule is COc1ccc(CCN2CCN(c3cccc(C)c3)CC2)cc1OC. The standard InChI is InChI=1S/C21H28N2O2/c1-17-5-4-6-19(15-17)23-13-11-22(12-14-23)10-9-18-7-8-20(24-2)21(16-18)25-3/h4-8,15-16H,9-14H2,1-3H3. The second kappa shape index (κ2) is 8.26. The summed E-state index contributed by atoms with van der Waals surface area (Å²) in [4.78, 5) is 5.03. The maximum Gasteiger partial charge on any atom is 0.160 e. The molecule has 1 fully saturated rings. The smallest absolute Gasteiger partial charge is 0.160 e. The van der Waals surface area contributed by atoms with Gasteiger partial charge in [-0.2, -0.15) is 0 Å². The highest BCUT2D eigenvalue weighted by Crippen LogP contribution is 2.27. The molecule has 1 aliphatic heterocycles. The van der Waals surface area contributed by atoms with Gasteiger partial charge < -0.3 is 14.4 Å². The Morgan fingerprint density at radius 1 is 0.880 bits per heavy atom. The van der Waals surface area contributed by atoms with Crippen molar-refractivity contribution in [2.75, 3.05) is 51.8 Å². The molecule has 4 heteroatoms. The Morgan fingerprint density at radius 3 is 2.32 bits per heavy atom. The van der Waals surface area contributed by atoms with E-state index in [1.165, 1.54) is 16.8 Å². The molecular formula is C21H28N2O2. The Kier molecular flexibility index (Phi) is 5.82. The van der Waals surface area contributed by atoms with Gasteiger partial charge in [-0.1, -0.05) is 18.2 Å². The molecule has 0 aromatic heterocycles. The third-order valence-corrected chi connectivity index (χ3v) is 4.90. The number of aryl methyl sites for hydroxylation is 1. The van der Waals surface area contributed by atoms with E-state index in [0.717, 1.165) is 50.6 Å². The molecule has 3 rings (SSSR count). The van der Waals surface area contributed by atoms with Crippen molar-refractivity contribution in [1.29, 1.82) is 0 Å². The molecule has 1 saturated heterocycles. The van der Waals surface area contributed by atoms with Crippen molar-refractivity contribution in [3.63, 3.8) is 0 Å². The summed E-state index contributed by atoms with van der Waals surface area (Å²) >= 11 is 0. The largest absolute Gasteiger partial charge is 0.493 e. The van der Waals surface area contributed by atoms with Gasteiger partial charge >= 0.3 is 0 Å². The first-order chi connectivity index (χ1) is 12.2. The van der Waals surface area contributed by atoms with E-state index in [0.29, 0.717) is 0 Å². The van der Waals surface area contributed by atoms with Gasteiger partial charge in [-0.3, -0.25) is 4.90 Å². The summed E-state index contributed by atoms with van der Waals surface area (Å²) in [7, 11) is 3.36. The molecule has 134 valence electrons. The molecule has 0 N–H and O–H groups in total. The first kappa shape index (κ1) is 17.6. The number of hydrogen-bond acceptors (Lipinski definition) is 4. The van der Waals surface area contributed by atoms with Gasteiger partial charge in [0.1, 0.15) is 0 Å². The maximum absolute atomic E-state index is 5.40. The van der Waals surface area contributed by atoms with Crippen LogP contribution in [0.2, 0.25) is 0 Å². The number of benzene rings is 2. The fourth-order valence-corrected chi connectivity index (χ4v) is 3.38. The van der Waals surface area contributed by atoms with Gasteiger partial charge in [-0.05, 0) is 48.7 Å². The van der Waals surface area contributed by atoms with E-state index in [4.69, 9.17) is 9.47 Å². The van der Waals surface area contributed by atoms with E-state index < -0.39 is 0 Å². The van der Waals surface area contributed by atoms with E-state index in [-0.39, 0.29) is 0 Å². The topological polar surface area (TPSA) is 24.9 Å². The van der Waals surface area contributed by atoms with Crippen molar-refractivity contribution in [1.82, 2.24) is 4.90 Å². The Labute approximate surface area is 151 Å². The Hall–Kier alpha value is -2.20. The van der Waals surface area contributed by atoms with E-state index in [1.807, 2.05) is 6.07 Å². The summed E-state index contributed by atoms with van der Waals surface area (Å²) in [6.45, 7) is 7.65. The third kappa shape index (κ3) is 4.45. The molecule has 2 aromatic rings. The molecule has 1 heterocycles. The van der Waals surface area contributed by atoms with Gasteiger partial charge in [0, 0.05) is 38.4 Å².